The fraction of sp³-hybridized carbons (Fsp3) is 0.0870. The van der Waals surface area contributed by atoms with Gasteiger partial charge in [0.1, 0.15) is 11.6 Å². The highest BCUT2D eigenvalue weighted by Gasteiger charge is 2.17. The molecule has 0 saturated heterocycles. The second-order valence-corrected chi connectivity index (χ2v) is 6.40. The minimum atomic E-state index is -0.252. The summed E-state index contributed by atoms with van der Waals surface area (Å²) < 4.78 is 26.4. The lowest BCUT2D eigenvalue weighted by Gasteiger charge is -2.12. The maximum absolute atomic E-state index is 13.2. The van der Waals surface area contributed by atoms with E-state index in [1.165, 1.54) is 29.8 Å². The molecule has 4 aromatic rings. The normalized spacial score (nSPS) is 10.1. The molecule has 0 aliphatic heterocycles. The maximum Gasteiger partial charge on any atom is 0.209 e. The summed E-state index contributed by atoms with van der Waals surface area (Å²) in [5.74, 6) is -0.505. The van der Waals surface area contributed by atoms with E-state index in [0.717, 1.165) is 22.9 Å². The van der Waals surface area contributed by atoms with E-state index in [-0.39, 0.29) is 18.3 Å². The molecule has 0 radical (unpaired) electrons. The number of nitrogens with one attached hydrogen (secondary N) is 1. The van der Waals surface area contributed by atoms with Crippen LogP contribution < -0.4 is 10.9 Å². The molecule has 0 bridgehead atoms. The van der Waals surface area contributed by atoms with Crippen LogP contribution in [0, 0.1) is 11.6 Å². The predicted molar refractivity (Wildman–Crippen MR) is 112 cm³/mol. The first-order valence-electron chi connectivity index (χ1n) is 9.22. The number of hydrogen-bond acceptors (Lipinski definition) is 1. The third-order valence-corrected chi connectivity index (χ3v) is 4.49. The highest BCUT2D eigenvalue weighted by molar-refractivity contribution is 6.85. The fourth-order valence-corrected chi connectivity index (χ4v) is 3.14. The molecule has 2 nitrogen and oxygen atoms in total. The number of rotatable bonds is 4. The molecule has 4 rings (SSSR count). The van der Waals surface area contributed by atoms with Gasteiger partial charge in [0.25, 0.3) is 0 Å². The molecule has 0 atom stereocenters. The highest BCUT2D eigenvalue weighted by atomic mass is 19.1. The van der Waals surface area contributed by atoms with E-state index < -0.39 is 0 Å². The van der Waals surface area contributed by atoms with Crippen molar-refractivity contribution in [2.45, 2.75) is 13.2 Å². The second kappa shape index (κ2) is 9.65. The summed E-state index contributed by atoms with van der Waals surface area (Å²) in [6, 6.07) is 23.1. The third-order valence-electron chi connectivity index (χ3n) is 4.49. The zero-order valence-corrected chi connectivity index (χ0v) is 15.6. The Morgan fingerprint density at radius 2 is 1.43 bits per heavy atom. The molecular formula is C23H21BF2N2. The van der Waals surface area contributed by atoms with Crippen molar-refractivity contribution >= 4 is 17.6 Å². The van der Waals surface area contributed by atoms with Gasteiger partial charge in [0.2, 0.25) is 6.71 Å². The first-order chi connectivity index (χ1) is 13.7. The van der Waals surface area contributed by atoms with Gasteiger partial charge in [-0.05, 0) is 29.8 Å². The van der Waals surface area contributed by atoms with Crippen LogP contribution in [0.2, 0.25) is 6.32 Å². The lowest BCUT2D eigenvalue weighted by atomic mass is 9.39. The highest BCUT2D eigenvalue weighted by Crippen LogP contribution is 2.13. The van der Waals surface area contributed by atoms with Crippen LogP contribution in [0.5, 0.6) is 0 Å². The molecular weight excluding hydrogens is 353 g/mol. The molecule has 1 heterocycles. The van der Waals surface area contributed by atoms with Crippen molar-refractivity contribution in [3.8, 4) is 11.3 Å². The molecule has 0 amide bonds. The van der Waals surface area contributed by atoms with Crippen molar-refractivity contribution in [1.82, 2.24) is 9.97 Å². The molecule has 0 fully saturated rings. The predicted octanol–water partition coefficient (Wildman–Crippen LogP) is 4.67. The first kappa shape index (κ1) is 19.6. The van der Waals surface area contributed by atoms with Gasteiger partial charge in [-0.2, -0.15) is 0 Å². The summed E-state index contributed by atoms with van der Waals surface area (Å²) in [6.07, 6.45) is 4.31. The van der Waals surface area contributed by atoms with Gasteiger partial charge in [0, 0.05) is 0 Å². The van der Waals surface area contributed by atoms with Gasteiger partial charge < -0.3 is 4.98 Å². The van der Waals surface area contributed by atoms with Gasteiger partial charge in [-0.25, -0.2) is 13.8 Å². The summed E-state index contributed by atoms with van der Waals surface area (Å²) in [6.45, 7) is 2.06. The molecule has 0 saturated carbocycles. The summed E-state index contributed by atoms with van der Waals surface area (Å²) in [4.78, 5) is 6.99. The van der Waals surface area contributed by atoms with Crippen molar-refractivity contribution in [2.24, 2.45) is 0 Å². The van der Waals surface area contributed by atoms with Crippen LogP contribution in [0.25, 0.3) is 11.3 Å². The Labute approximate surface area is 164 Å². The molecule has 140 valence electrons. The van der Waals surface area contributed by atoms with E-state index in [0.29, 0.717) is 0 Å². The molecule has 0 unspecified atom stereocenters. The van der Waals surface area contributed by atoms with Gasteiger partial charge in [-0.3, -0.25) is 0 Å². The summed E-state index contributed by atoms with van der Waals surface area (Å²) >= 11 is 0. The largest absolute Gasteiger partial charge is 0.345 e. The monoisotopic (exact) mass is 374 g/mol. The Hall–Kier alpha value is -3.21. The molecule has 5 heteroatoms. The van der Waals surface area contributed by atoms with Crippen molar-refractivity contribution in [1.29, 1.82) is 0 Å². The lowest BCUT2D eigenvalue weighted by molar-refractivity contribution is 0.629. The zero-order valence-electron chi connectivity index (χ0n) is 15.6. The fourth-order valence-electron chi connectivity index (χ4n) is 3.14. The molecule has 28 heavy (non-hydrogen) atoms. The number of aromatic nitrogens is 2. The average Bonchev–Trinajstić information content (AvgIpc) is 3.25. The number of H-pyrrole nitrogens is 1. The number of imidazole rings is 1. The molecule has 0 spiro atoms. The smallest absolute Gasteiger partial charge is 0.209 e. The molecule has 0 aliphatic carbocycles. The molecule has 3 aromatic carbocycles. The quantitative estimate of drug-likeness (QED) is 0.517. The number of aromatic amines is 1. The van der Waals surface area contributed by atoms with Crippen LogP contribution in [0.1, 0.15) is 6.92 Å². The first-order valence-corrected chi connectivity index (χ1v) is 9.22. The minimum absolute atomic E-state index is 0.0430. The van der Waals surface area contributed by atoms with Crippen LogP contribution in [-0.2, 0) is 0 Å². The van der Waals surface area contributed by atoms with Crippen LogP contribution >= 0.6 is 0 Å². The van der Waals surface area contributed by atoms with Crippen molar-refractivity contribution in [2.75, 3.05) is 0 Å². The Balaban J connectivity index is 0.000000176. The maximum atomic E-state index is 13.2. The van der Waals surface area contributed by atoms with Gasteiger partial charge in [0.15, 0.2) is 0 Å². The van der Waals surface area contributed by atoms with Gasteiger partial charge in [0.05, 0.1) is 18.2 Å². The van der Waals surface area contributed by atoms with E-state index >= 15 is 0 Å². The van der Waals surface area contributed by atoms with E-state index in [2.05, 4.69) is 9.97 Å². The van der Waals surface area contributed by atoms with Gasteiger partial charge >= 0.3 is 0 Å². The lowest BCUT2D eigenvalue weighted by Crippen LogP contribution is -2.41. The van der Waals surface area contributed by atoms with Crippen LogP contribution in [0.3, 0.4) is 0 Å². The Morgan fingerprint density at radius 3 is 1.89 bits per heavy atom. The van der Waals surface area contributed by atoms with Crippen molar-refractivity contribution in [3.63, 3.8) is 0 Å². The Bertz CT molecular complexity index is 943. The Morgan fingerprint density at radius 1 is 0.821 bits per heavy atom. The third kappa shape index (κ3) is 5.16. The summed E-state index contributed by atoms with van der Waals surface area (Å²) in [5.41, 5.74) is 4.01. The van der Waals surface area contributed by atoms with Crippen LogP contribution in [0.15, 0.2) is 91.4 Å². The van der Waals surface area contributed by atoms with Crippen LogP contribution in [-0.4, -0.2) is 16.7 Å². The molecule has 1 aromatic heterocycles. The number of benzene rings is 3. The number of hydrogen-bond donors (Lipinski definition) is 1. The van der Waals surface area contributed by atoms with Crippen molar-refractivity contribution < 1.29 is 8.78 Å². The zero-order chi connectivity index (χ0) is 19.8. The van der Waals surface area contributed by atoms with Crippen LogP contribution in [0.4, 0.5) is 8.78 Å². The molecule has 1 N–H and O–H groups in total. The molecule has 0 aliphatic rings. The van der Waals surface area contributed by atoms with E-state index in [1.54, 1.807) is 18.5 Å². The van der Waals surface area contributed by atoms with Gasteiger partial charge in [-0.15, -0.1) is 0 Å². The topological polar surface area (TPSA) is 28.7 Å². The Kier molecular flexibility index (Phi) is 6.74. The van der Waals surface area contributed by atoms with Crippen molar-refractivity contribution in [3.05, 3.63) is 103 Å². The minimum Gasteiger partial charge on any atom is -0.345 e. The standard InChI is InChI=1S/C14H13BF2.C9H8N2/c1-2-15(11-5-3-7-13(16)9-11)12-6-4-8-14(17)10-12;1-2-4-8(5-3-1)9-6-10-7-11-9/h3-10H,2H2,1H3;1-7H,(H,10,11). The summed E-state index contributed by atoms with van der Waals surface area (Å²) in [5, 5.41) is 0. The average molecular weight is 374 g/mol. The van der Waals surface area contributed by atoms with E-state index in [9.17, 15) is 8.78 Å². The SMILES string of the molecule is CCB(c1cccc(F)c1)c1cccc(F)c1.c1ccc(-c2cnc[nH]2)cc1. The second-order valence-electron chi connectivity index (χ2n) is 6.40. The van der Waals surface area contributed by atoms with Gasteiger partial charge in [-0.1, -0.05) is 78.8 Å². The van der Waals surface area contributed by atoms with E-state index in [4.69, 9.17) is 0 Å². The number of halogens is 2. The summed E-state index contributed by atoms with van der Waals surface area (Å²) in [7, 11) is 0. The van der Waals surface area contributed by atoms with E-state index in [1.807, 2.05) is 55.6 Å². The number of nitrogens with zero attached hydrogens (tertiary/aromatic N) is 1.